The van der Waals surface area contributed by atoms with Gasteiger partial charge in [-0.1, -0.05) is 15.9 Å². The van der Waals surface area contributed by atoms with E-state index in [1.807, 2.05) is 18.2 Å². The van der Waals surface area contributed by atoms with Crippen LogP contribution < -0.4 is 20.3 Å². The molecule has 1 N–H and O–H groups in total. The maximum Gasteiger partial charge on any atom is 0.256 e. The Morgan fingerprint density at radius 3 is 2.81 bits per heavy atom. The first-order valence-corrected chi connectivity index (χ1v) is 10.8. The lowest BCUT2D eigenvalue weighted by Crippen LogP contribution is -2.34. The topological polar surface area (TPSA) is 82.3 Å². The molecule has 1 fully saturated rings. The molecule has 1 amide bonds. The number of methoxy groups -OCH3 is 2. The van der Waals surface area contributed by atoms with E-state index in [-0.39, 0.29) is 17.6 Å². The van der Waals surface area contributed by atoms with Crippen LogP contribution in [0.5, 0.6) is 11.5 Å². The molecule has 0 spiro atoms. The van der Waals surface area contributed by atoms with Gasteiger partial charge in [-0.05, 0) is 49.2 Å². The second kappa shape index (κ2) is 9.53. The molecule has 1 aromatic heterocycles. The van der Waals surface area contributed by atoms with Gasteiger partial charge in [0.05, 0.1) is 20.3 Å². The van der Waals surface area contributed by atoms with E-state index in [0.29, 0.717) is 34.9 Å². The third-order valence-electron chi connectivity index (χ3n) is 5.08. The van der Waals surface area contributed by atoms with Crippen LogP contribution in [-0.4, -0.2) is 39.4 Å². The van der Waals surface area contributed by atoms with Crippen LogP contribution in [-0.2, 0) is 4.74 Å². The molecule has 162 valence electrons. The number of fused-ring (bicyclic) bond motifs is 1. The highest BCUT2D eigenvalue weighted by molar-refractivity contribution is 9.10. The second-order valence-electron chi connectivity index (χ2n) is 7.14. The van der Waals surface area contributed by atoms with Crippen LogP contribution in [0.2, 0.25) is 0 Å². The molecular weight excluding hydrogens is 464 g/mol. The van der Waals surface area contributed by atoms with Crippen LogP contribution in [0.4, 0.5) is 5.69 Å². The first kappa shape index (κ1) is 21.4. The smallest absolute Gasteiger partial charge is 0.256 e. The molecule has 0 saturated carbocycles. The molecule has 0 unspecified atom stereocenters. The zero-order chi connectivity index (χ0) is 21.8. The Bertz CT molecular complexity index is 1170. The molecule has 1 aliphatic heterocycles. The summed E-state index contributed by atoms with van der Waals surface area (Å²) in [6, 6.07) is 12.6. The maximum absolute atomic E-state index is 13.1. The Hall–Kier alpha value is -2.84. The molecule has 1 atom stereocenters. The van der Waals surface area contributed by atoms with Gasteiger partial charge in [0, 0.05) is 29.1 Å². The van der Waals surface area contributed by atoms with E-state index < -0.39 is 0 Å². The fourth-order valence-electron chi connectivity index (χ4n) is 3.45. The number of amides is 1. The van der Waals surface area contributed by atoms with Gasteiger partial charge in [0.15, 0.2) is 0 Å². The number of carbonyl (C=O) groups is 1. The van der Waals surface area contributed by atoms with Crippen molar-refractivity contribution in [1.29, 1.82) is 0 Å². The summed E-state index contributed by atoms with van der Waals surface area (Å²) in [6.07, 6.45) is 1.98. The Balaban J connectivity index is 1.80. The van der Waals surface area contributed by atoms with Crippen LogP contribution in [0.3, 0.4) is 0 Å². The number of hydrogen-bond acceptors (Lipinski definition) is 6. The van der Waals surface area contributed by atoms with Crippen molar-refractivity contribution in [1.82, 2.24) is 5.32 Å². The highest BCUT2D eigenvalue weighted by atomic mass is 79.9. The van der Waals surface area contributed by atoms with Gasteiger partial charge in [-0.25, -0.2) is 4.99 Å². The van der Waals surface area contributed by atoms with Gasteiger partial charge < -0.3 is 23.9 Å². The highest BCUT2D eigenvalue weighted by Crippen LogP contribution is 2.31. The molecule has 8 heteroatoms. The lowest BCUT2D eigenvalue weighted by molar-refractivity contribution is 0.0854. The van der Waals surface area contributed by atoms with Crippen LogP contribution in [0.15, 0.2) is 56.3 Å². The summed E-state index contributed by atoms with van der Waals surface area (Å²) in [5.74, 6) is 0.882. The number of ether oxygens (including phenoxy) is 3. The summed E-state index contributed by atoms with van der Waals surface area (Å²) < 4.78 is 23.3. The summed E-state index contributed by atoms with van der Waals surface area (Å²) in [5, 5.41) is 3.73. The monoisotopic (exact) mass is 486 g/mol. The standard InChI is InChI=1S/C23H23BrN2O5/c1-28-16-6-8-21(29-2)19(12-16)26-23-18(22(27)25-13-17-4-3-9-30-17)11-14-10-15(24)5-7-20(14)31-23/h5-8,10-12,17H,3-4,9,13H2,1-2H3,(H,25,27)/t17-/m1/s1. The summed E-state index contributed by atoms with van der Waals surface area (Å²) in [7, 11) is 3.14. The van der Waals surface area contributed by atoms with E-state index in [4.69, 9.17) is 18.6 Å². The lowest BCUT2D eigenvalue weighted by Gasteiger charge is -2.11. The Kier molecular flexibility index (Phi) is 6.58. The van der Waals surface area contributed by atoms with Crippen molar-refractivity contribution in [3.63, 3.8) is 0 Å². The van der Waals surface area contributed by atoms with Gasteiger partial charge >= 0.3 is 0 Å². The Labute approximate surface area is 188 Å². The number of hydrogen-bond donors (Lipinski definition) is 1. The van der Waals surface area contributed by atoms with Crippen molar-refractivity contribution < 1.29 is 23.4 Å². The van der Waals surface area contributed by atoms with Crippen molar-refractivity contribution in [3.8, 4) is 11.5 Å². The zero-order valence-corrected chi connectivity index (χ0v) is 18.9. The van der Waals surface area contributed by atoms with Crippen LogP contribution >= 0.6 is 15.9 Å². The molecule has 1 saturated heterocycles. The molecule has 7 nitrogen and oxygen atoms in total. The summed E-state index contributed by atoms with van der Waals surface area (Å²) in [6.45, 7) is 1.17. The first-order valence-electron chi connectivity index (χ1n) is 9.97. The van der Waals surface area contributed by atoms with E-state index >= 15 is 0 Å². The van der Waals surface area contributed by atoms with E-state index in [9.17, 15) is 4.79 Å². The van der Waals surface area contributed by atoms with Gasteiger partial charge in [-0.15, -0.1) is 0 Å². The average molecular weight is 487 g/mol. The number of carbonyl (C=O) groups excluding carboxylic acids is 1. The largest absolute Gasteiger partial charge is 0.497 e. The van der Waals surface area contributed by atoms with Crippen molar-refractivity contribution in [3.05, 3.63) is 58.1 Å². The van der Waals surface area contributed by atoms with Gasteiger partial charge in [-0.3, -0.25) is 4.79 Å². The van der Waals surface area contributed by atoms with Gasteiger partial charge in [0.2, 0.25) is 5.55 Å². The predicted molar refractivity (Wildman–Crippen MR) is 120 cm³/mol. The van der Waals surface area contributed by atoms with Crippen LogP contribution in [0.25, 0.3) is 11.0 Å². The Morgan fingerprint density at radius 2 is 2.06 bits per heavy atom. The molecule has 3 aromatic rings. The molecule has 4 rings (SSSR count). The fraction of sp³-hybridized carbons (Fsp3) is 0.304. The van der Waals surface area contributed by atoms with Crippen molar-refractivity contribution >= 4 is 38.5 Å². The molecular formula is C23H23BrN2O5. The molecule has 31 heavy (non-hydrogen) atoms. The molecule has 0 radical (unpaired) electrons. The highest BCUT2D eigenvalue weighted by Gasteiger charge is 2.19. The normalized spacial score (nSPS) is 16.5. The predicted octanol–water partition coefficient (Wildman–Crippen LogP) is 4.35. The number of benzene rings is 2. The summed E-state index contributed by atoms with van der Waals surface area (Å²) in [4.78, 5) is 17.7. The molecule has 1 aliphatic rings. The van der Waals surface area contributed by atoms with E-state index in [1.165, 1.54) is 0 Å². The minimum Gasteiger partial charge on any atom is -0.497 e. The molecule has 0 aliphatic carbocycles. The third kappa shape index (κ3) is 4.91. The van der Waals surface area contributed by atoms with E-state index in [1.54, 1.807) is 38.5 Å². The maximum atomic E-state index is 13.1. The number of nitrogens with one attached hydrogen (secondary N) is 1. The number of halogens is 1. The van der Waals surface area contributed by atoms with Crippen molar-refractivity contribution in [2.45, 2.75) is 18.9 Å². The first-order chi connectivity index (χ1) is 15.1. The minimum atomic E-state index is -0.276. The zero-order valence-electron chi connectivity index (χ0n) is 17.3. The second-order valence-corrected chi connectivity index (χ2v) is 8.06. The molecule has 2 heterocycles. The summed E-state index contributed by atoms with van der Waals surface area (Å²) >= 11 is 3.46. The Morgan fingerprint density at radius 1 is 1.19 bits per heavy atom. The molecule has 2 aromatic carbocycles. The number of nitrogens with zero attached hydrogens (tertiary/aromatic N) is 1. The average Bonchev–Trinajstić information content (AvgIpc) is 3.31. The van der Waals surface area contributed by atoms with Crippen LogP contribution in [0.1, 0.15) is 23.2 Å². The van der Waals surface area contributed by atoms with Gasteiger partial charge in [-0.2, -0.15) is 0 Å². The quantitative estimate of drug-likeness (QED) is 0.559. The van der Waals surface area contributed by atoms with E-state index in [0.717, 1.165) is 29.3 Å². The van der Waals surface area contributed by atoms with Crippen LogP contribution in [0, 0.1) is 0 Å². The minimum absolute atomic E-state index is 0.0364. The fourth-order valence-corrected chi connectivity index (χ4v) is 3.83. The molecule has 0 bridgehead atoms. The third-order valence-corrected chi connectivity index (χ3v) is 5.57. The van der Waals surface area contributed by atoms with Crippen molar-refractivity contribution in [2.24, 2.45) is 4.99 Å². The summed E-state index contributed by atoms with van der Waals surface area (Å²) in [5.41, 5.74) is 1.62. The number of rotatable bonds is 6. The SMILES string of the molecule is COc1ccc(OC)c(N=c2oc3ccc(Br)cc3cc2C(=O)NC[C@H]2CCCO2)c1. The van der Waals surface area contributed by atoms with E-state index in [2.05, 4.69) is 26.2 Å². The van der Waals surface area contributed by atoms with Gasteiger partial charge in [0.1, 0.15) is 28.3 Å². The van der Waals surface area contributed by atoms with Gasteiger partial charge in [0.25, 0.3) is 5.91 Å². The van der Waals surface area contributed by atoms with Crippen molar-refractivity contribution in [2.75, 3.05) is 27.4 Å². The lowest BCUT2D eigenvalue weighted by atomic mass is 10.1.